The number of benzene rings is 1. The number of aliphatic carboxylic acids is 1. The monoisotopic (exact) mass is 495 g/mol. The van der Waals surface area contributed by atoms with Gasteiger partial charge in [0.15, 0.2) is 0 Å². The van der Waals surface area contributed by atoms with E-state index in [1.54, 1.807) is 12.1 Å². The number of carbonyl (C=O) groups is 2. The molecule has 2 heterocycles. The molecule has 2 aliphatic heterocycles. The van der Waals surface area contributed by atoms with Crippen LogP contribution >= 0.6 is 47.8 Å². The molecule has 0 N–H and O–H groups in total. The van der Waals surface area contributed by atoms with Crippen molar-refractivity contribution in [2.75, 3.05) is 0 Å². The van der Waals surface area contributed by atoms with Gasteiger partial charge in [-0.2, -0.15) is 0 Å². The van der Waals surface area contributed by atoms with Crippen LogP contribution in [-0.2, 0) is 14.3 Å². The highest BCUT2D eigenvalue weighted by atomic mass is 79.9. The van der Waals surface area contributed by atoms with E-state index in [1.165, 1.54) is 0 Å². The molecule has 2 bridgehead atoms. The van der Waals surface area contributed by atoms with Crippen LogP contribution in [0.2, 0.25) is 0 Å². The Morgan fingerprint density at radius 3 is 2.59 bits per heavy atom. The molecule has 22 heavy (non-hydrogen) atoms. The molecule has 0 aromatic heterocycles. The standard InChI is InChI=1S/C14H11Br3O5/c15-5-1-7(11(17)9(16)2-5)14(20)22-10-4-6-3-8(13(18)19)12(10)21-6/h1-2,6,8,10,12H,3-4H2,(H,18,19)/p-1. The number of halogens is 3. The third kappa shape index (κ3) is 2.98. The van der Waals surface area contributed by atoms with E-state index in [1.807, 2.05) is 0 Å². The van der Waals surface area contributed by atoms with E-state index in [4.69, 9.17) is 9.47 Å². The van der Waals surface area contributed by atoms with E-state index in [0.717, 1.165) is 4.47 Å². The molecule has 2 fully saturated rings. The molecule has 0 aliphatic carbocycles. The zero-order chi connectivity index (χ0) is 16.0. The first-order chi connectivity index (χ1) is 10.4. The Morgan fingerprint density at radius 1 is 1.23 bits per heavy atom. The lowest BCUT2D eigenvalue weighted by molar-refractivity contribution is -0.313. The van der Waals surface area contributed by atoms with Crippen LogP contribution in [-0.4, -0.2) is 30.3 Å². The van der Waals surface area contributed by atoms with Crippen LogP contribution in [0.25, 0.3) is 0 Å². The number of esters is 1. The van der Waals surface area contributed by atoms with Gasteiger partial charge in [0.1, 0.15) is 12.2 Å². The number of ether oxygens (including phenoxy) is 2. The topological polar surface area (TPSA) is 75.7 Å². The van der Waals surface area contributed by atoms with E-state index in [0.29, 0.717) is 27.4 Å². The summed E-state index contributed by atoms with van der Waals surface area (Å²) in [6, 6.07) is 3.44. The van der Waals surface area contributed by atoms with Crippen molar-refractivity contribution in [3.63, 3.8) is 0 Å². The average molecular weight is 498 g/mol. The third-order valence-electron chi connectivity index (χ3n) is 3.90. The fraction of sp³-hybridized carbons (Fsp3) is 0.429. The van der Waals surface area contributed by atoms with Gasteiger partial charge in [-0.25, -0.2) is 4.79 Å². The maximum atomic E-state index is 12.4. The van der Waals surface area contributed by atoms with Gasteiger partial charge in [-0.15, -0.1) is 0 Å². The zero-order valence-corrected chi connectivity index (χ0v) is 15.8. The van der Waals surface area contributed by atoms with Crippen molar-refractivity contribution >= 4 is 59.7 Å². The van der Waals surface area contributed by atoms with Crippen LogP contribution < -0.4 is 5.11 Å². The summed E-state index contributed by atoms with van der Waals surface area (Å²) in [6.07, 6.45) is -0.407. The van der Waals surface area contributed by atoms with Gasteiger partial charge < -0.3 is 19.4 Å². The molecule has 3 rings (SSSR count). The molecular weight excluding hydrogens is 488 g/mol. The molecule has 1 aromatic carbocycles. The number of hydrogen-bond donors (Lipinski definition) is 0. The van der Waals surface area contributed by atoms with Gasteiger partial charge in [0.2, 0.25) is 0 Å². The van der Waals surface area contributed by atoms with E-state index >= 15 is 0 Å². The lowest BCUT2D eigenvalue weighted by atomic mass is 9.87. The van der Waals surface area contributed by atoms with Crippen molar-refractivity contribution in [2.45, 2.75) is 31.2 Å². The minimum absolute atomic E-state index is 0.177. The molecule has 0 radical (unpaired) electrons. The Hall–Kier alpha value is -0.440. The second-order valence-corrected chi connectivity index (χ2v) is 7.88. The van der Waals surface area contributed by atoms with Crippen LogP contribution in [0.15, 0.2) is 25.6 Å². The lowest BCUT2D eigenvalue weighted by Gasteiger charge is -2.27. The van der Waals surface area contributed by atoms with Gasteiger partial charge in [0, 0.05) is 31.7 Å². The second-order valence-electron chi connectivity index (χ2n) is 5.31. The van der Waals surface area contributed by atoms with Gasteiger partial charge in [0.05, 0.1) is 11.7 Å². The highest BCUT2D eigenvalue weighted by Gasteiger charge is 2.50. The van der Waals surface area contributed by atoms with Gasteiger partial charge >= 0.3 is 5.97 Å². The van der Waals surface area contributed by atoms with Crippen molar-refractivity contribution < 1.29 is 24.2 Å². The van der Waals surface area contributed by atoms with E-state index in [9.17, 15) is 14.7 Å². The van der Waals surface area contributed by atoms with E-state index in [-0.39, 0.29) is 6.10 Å². The van der Waals surface area contributed by atoms with Crippen LogP contribution in [0, 0.1) is 5.92 Å². The summed E-state index contributed by atoms with van der Waals surface area (Å²) in [7, 11) is 0. The number of carboxylic acids is 1. The molecule has 2 saturated heterocycles. The molecule has 118 valence electrons. The fourth-order valence-corrected chi connectivity index (χ4v) is 4.55. The molecule has 0 spiro atoms. The smallest absolute Gasteiger partial charge is 0.339 e. The summed E-state index contributed by atoms with van der Waals surface area (Å²) in [5, 5.41) is 11.1. The summed E-state index contributed by atoms with van der Waals surface area (Å²) < 4.78 is 13.0. The highest BCUT2D eigenvalue weighted by Crippen LogP contribution is 2.41. The minimum atomic E-state index is -1.15. The molecule has 0 amide bonds. The van der Waals surface area contributed by atoms with Crippen molar-refractivity contribution in [3.8, 4) is 0 Å². The molecule has 4 unspecified atom stereocenters. The number of hydrogen-bond acceptors (Lipinski definition) is 5. The van der Waals surface area contributed by atoms with Crippen molar-refractivity contribution in [3.05, 3.63) is 31.1 Å². The van der Waals surface area contributed by atoms with Crippen LogP contribution in [0.1, 0.15) is 23.2 Å². The average Bonchev–Trinajstić information content (AvgIpc) is 3.02. The predicted octanol–water partition coefficient (Wildman–Crippen LogP) is 2.43. The van der Waals surface area contributed by atoms with Gasteiger partial charge in [-0.1, -0.05) is 15.9 Å². The molecule has 4 atom stereocenters. The molecule has 1 aromatic rings. The normalized spacial score (nSPS) is 29.6. The van der Waals surface area contributed by atoms with Crippen LogP contribution in [0.3, 0.4) is 0 Å². The second kappa shape index (κ2) is 6.22. The summed E-state index contributed by atoms with van der Waals surface area (Å²) in [5.41, 5.74) is 0.356. The summed E-state index contributed by atoms with van der Waals surface area (Å²) >= 11 is 10.0. The van der Waals surface area contributed by atoms with E-state index in [2.05, 4.69) is 47.8 Å². The van der Waals surface area contributed by atoms with Crippen LogP contribution in [0.4, 0.5) is 0 Å². The fourth-order valence-electron chi connectivity index (χ4n) is 2.93. The molecule has 5 nitrogen and oxygen atoms in total. The van der Waals surface area contributed by atoms with Gasteiger partial charge in [-0.05, 0) is 50.4 Å². The van der Waals surface area contributed by atoms with Crippen molar-refractivity contribution in [1.29, 1.82) is 0 Å². The Labute approximate surface area is 151 Å². The summed E-state index contributed by atoms with van der Waals surface area (Å²) in [4.78, 5) is 23.5. The quantitative estimate of drug-likeness (QED) is 0.473. The summed E-state index contributed by atoms with van der Waals surface area (Å²) in [5.74, 6) is -2.39. The highest BCUT2D eigenvalue weighted by molar-refractivity contribution is 9.13. The summed E-state index contributed by atoms with van der Waals surface area (Å²) in [6.45, 7) is 0. The number of carboxylic acid groups (broad SMARTS) is 1. The minimum Gasteiger partial charge on any atom is -0.550 e. The lowest BCUT2D eigenvalue weighted by Crippen LogP contribution is -2.43. The van der Waals surface area contributed by atoms with Crippen molar-refractivity contribution in [1.82, 2.24) is 0 Å². The SMILES string of the molecule is O=C(OC1CC2CC(C(=O)[O-])C1O2)c1cc(Br)cc(Br)c1Br. The predicted molar refractivity (Wildman–Crippen MR) is 85.1 cm³/mol. The van der Waals surface area contributed by atoms with Gasteiger partial charge in [0.25, 0.3) is 0 Å². The Kier molecular flexibility index (Phi) is 4.64. The first kappa shape index (κ1) is 16.4. The number of fused-ring (bicyclic) bond motifs is 2. The van der Waals surface area contributed by atoms with Gasteiger partial charge in [-0.3, -0.25) is 0 Å². The molecular formula is C14H10Br3O5-. The number of carbonyl (C=O) groups excluding carboxylic acids is 2. The number of rotatable bonds is 3. The van der Waals surface area contributed by atoms with Crippen molar-refractivity contribution in [2.24, 2.45) is 5.92 Å². The zero-order valence-electron chi connectivity index (χ0n) is 11.1. The Bertz CT molecular complexity index is 648. The molecule has 8 heteroatoms. The maximum Gasteiger partial charge on any atom is 0.339 e. The maximum absolute atomic E-state index is 12.4. The Balaban J connectivity index is 1.77. The third-order valence-corrected chi connectivity index (χ3v) is 6.37. The molecule has 0 saturated carbocycles. The first-order valence-electron chi connectivity index (χ1n) is 6.58. The Morgan fingerprint density at radius 2 is 1.95 bits per heavy atom. The van der Waals surface area contributed by atoms with E-state index < -0.39 is 30.1 Å². The molecule has 2 aliphatic rings. The first-order valence-corrected chi connectivity index (χ1v) is 8.96. The largest absolute Gasteiger partial charge is 0.550 e. The van der Waals surface area contributed by atoms with Crippen LogP contribution in [0.5, 0.6) is 0 Å².